The van der Waals surface area contributed by atoms with Crippen molar-refractivity contribution in [3.05, 3.63) is 18.5 Å². The van der Waals surface area contributed by atoms with E-state index < -0.39 is 0 Å². The summed E-state index contributed by atoms with van der Waals surface area (Å²) in [5.41, 5.74) is 0. The highest BCUT2D eigenvalue weighted by molar-refractivity contribution is 4.83. The molecule has 0 radical (unpaired) electrons. The Labute approximate surface area is 117 Å². The largest absolute Gasteiger partial charge is 0.313 e. The molecule has 0 aromatic carbocycles. The van der Waals surface area contributed by atoms with E-state index in [1.807, 2.05) is 23.1 Å². The van der Waals surface area contributed by atoms with E-state index in [-0.39, 0.29) is 0 Å². The van der Waals surface area contributed by atoms with Gasteiger partial charge in [0.25, 0.3) is 0 Å². The molecule has 0 bridgehead atoms. The summed E-state index contributed by atoms with van der Waals surface area (Å²) in [6, 6.07) is 3.30. The summed E-state index contributed by atoms with van der Waals surface area (Å²) in [6.07, 6.45) is 6.42. The molecule has 0 saturated carbocycles. The average Bonchev–Trinajstić information content (AvgIpc) is 2.80. The van der Waals surface area contributed by atoms with Crippen molar-refractivity contribution in [2.45, 2.75) is 52.2 Å². The summed E-state index contributed by atoms with van der Waals surface area (Å²) in [4.78, 5) is 2.62. The van der Waals surface area contributed by atoms with Crippen LogP contribution in [0.2, 0.25) is 0 Å². The molecule has 0 amide bonds. The molecule has 1 aromatic heterocycles. The first-order chi connectivity index (χ1) is 9.15. The van der Waals surface area contributed by atoms with Gasteiger partial charge in [-0.2, -0.15) is 5.10 Å². The Hall–Kier alpha value is -0.870. The fourth-order valence-electron chi connectivity index (χ4n) is 2.91. The maximum atomic E-state index is 4.29. The Kier molecular flexibility index (Phi) is 5.40. The second-order valence-electron chi connectivity index (χ2n) is 6.18. The maximum absolute atomic E-state index is 4.29. The molecule has 19 heavy (non-hydrogen) atoms. The SMILES string of the molecule is CC(C)CC1CN(CCn2cccn2)C(C)CCN1. The summed E-state index contributed by atoms with van der Waals surface area (Å²) in [7, 11) is 0. The molecule has 1 fully saturated rings. The van der Waals surface area contributed by atoms with E-state index in [4.69, 9.17) is 0 Å². The molecule has 1 aromatic rings. The van der Waals surface area contributed by atoms with E-state index in [1.54, 1.807) is 0 Å². The van der Waals surface area contributed by atoms with Crippen LogP contribution >= 0.6 is 0 Å². The summed E-state index contributed by atoms with van der Waals surface area (Å²) < 4.78 is 2.03. The van der Waals surface area contributed by atoms with Crippen molar-refractivity contribution in [2.75, 3.05) is 19.6 Å². The predicted octanol–water partition coefficient (Wildman–Crippen LogP) is 1.98. The minimum Gasteiger partial charge on any atom is -0.313 e. The molecule has 1 saturated heterocycles. The van der Waals surface area contributed by atoms with Gasteiger partial charge in [-0.05, 0) is 38.3 Å². The molecule has 2 rings (SSSR count). The second-order valence-corrected chi connectivity index (χ2v) is 6.18. The highest BCUT2D eigenvalue weighted by Gasteiger charge is 2.22. The van der Waals surface area contributed by atoms with Crippen LogP contribution in [0.4, 0.5) is 0 Å². The monoisotopic (exact) mass is 264 g/mol. The van der Waals surface area contributed by atoms with Gasteiger partial charge in [0.2, 0.25) is 0 Å². The zero-order chi connectivity index (χ0) is 13.7. The van der Waals surface area contributed by atoms with Crippen molar-refractivity contribution >= 4 is 0 Å². The molecule has 2 unspecified atom stereocenters. The van der Waals surface area contributed by atoms with E-state index in [1.165, 1.54) is 19.4 Å². The maximum Gasteiger partial charge on any atom is 0.0536 e. The van der Waals surface area contributed by atoms with Gasteiger partial charge in [0.1, 0.15) is 0 Å². The number of hydrogen-bond donors (Lipinski definition) is 1. The molecular formula is C15H28N4. The van der Waals surface area contributed by atoms with Gasteiger partial charge in [0.15, 0.2) is 0 Å². The van der Waals surface area contributed by atoms with E-state index in [2.05, 4.69) is 36.1 Å². The van der Waals surface area contributed by atoms with E-state index in [0.29, 0.717) is 12.1 Å². The molecule has 1 N–H and O–H groups in total. The van der Waals surface area contributed by atoms with Crippen LogP contribution in [0.1, 0.15) is 33.6 Å². The molecule has 2 atom stereocenters. The highest BCUT2D eigenvalue weighted by Crippen LogP contribution is 2.14. The Morgan fingerprint density at radius 3 is 2.89 bits per heavy atom. The fraction of sp³-hybridized carbons (Fsp3) is 0.800. The number of rotatable bonds is 5. The van der Waals surface area contributed by atoms with Gasteiger partial charge < -0.3 is 5.32 Å². The third-order valence-corrected chi connectivity index (χ3v) is 4.00. The predicted molar refractivity (Wildman–Crippen MR) is 79.1 cm³/mol. The van der Waals surface area contributed by atoms with Gasteiger partial charge in [-0.1, -0.05) is 13.8 Å². The van der Waals surface area contributed by atoms with Gasteiger partial charge in [0.05, 0.1) is 6.54 Å². The van der Waals surface area contributed by atoms with Gasteiger partial charge in [-0.3, -0.25) is 9.58 Å². The number of aromatic nitrogens is 2. The van der Waals surface area contributed by atoms with Gasteiger partial charge in [0, 0.05) is 37.6 Å². The van der Waals surface area contributed by atoms with Crippen LogP contribution in [-0.4, -0.2) is 46.4 Å². The lowest BCUT2D eigenvalue weighted by Crippen LogP contribution is -2.42. The Balaban J connectivity index is 1.87. The molecule has 0 spiro atoms. The van der Waals surface area contributed by atoms with Crippen molar-refractivity contribution in [1.29, 1.82) is 0 Å². The van der Waals surface area contributed by atoms with Gasteiger partial charge in [-0.15, -0.1) is 0 Å². The van der Waals surface area contributed by atoms with Gasteiger partial charge in [-0.25, -0.2) is 0 Å². The lowest BCUT2D eigenvalue weighted by atomic mass is 10.0. The Morgan fingerprint density at radius 2 is 2.21 bits per heavy atom. The first-order valence-corrected chi connectivity index (χ1v) is 7.60. The van der Waals surface area contributed by atoms with E-state index in [9.17, 15) is 0 Å². The van der Waals surface area contributed by atoms with E-state index >= 15 is 0 Å². The van der Waals surface area contributed by atoms with Crippen LogP contribution in [0.5, 0.6) is 0 Å². The van der Waals surface area contributed by atoms with Crippen LogP contribution in [0.15, 0.2) is 18.5 Å². The minimum atomic E-state index is 0.641. The highest BCUT2D eigenvalue weighted by atomic mass is 15.3. The molecule has 4 heteroatoms. The van der Waals surface area contributed by atoms with Crippen LogP contribution < -0.4 is 5.32 Å². The van der Waals surface area contributed by atoms with E-state index in [0.717, 1.165) is 25.6 Å². The van der Waals surface area contributed by atoms with Crippen LogP contribution in [0, 0.1) is 5.92 Å². The van der Waals surface area contributed by atoms with Crippen molar-refractivity contribution in [3.8, 4) is 0 Å². The number of nitrogens with one attached hydrogen (secondary N) is 1. The van der Waals surface area contributed by atoms with Crippen molar-refractivity contribution < 1.29 is 0 Å². The molecule has 1 aliphatic rings. The summed E-state index contributed by atoms with van der Waals surface area (Å²) in [6.45, 7) is 11.4. The lowest BCUT2D eigenvalue weighted by Gasteiger charge is -2.29. The summed E-state index contributed by atoms with van der Waals surface area (Å²) in [5, 5.41) is 7.99. The number of nitrogens with zero attached hydrogens (tertiary/aromatic N) is 3. The smallest absolute Gasteiger partial charge is 0.0536 e. The van der Waals surface area contributed by atoms with Crippen molar-refractivity contribution in [2.24, 2.45) is 5.92 Å². The van der Waals surface area contributed by atoms with Gasteiger partial charge >= 0.3 is 0 Å². The quantitative estimate of drug-likeness (QED) is 0.883. The average molecular weight is 264 g/mol. The van der Waals surface area contributed by atoms with Crippen LogP contribution in [0.25, 0.3) is 0 Å². The molecule has 0 aliphatic carbocycles. The normalized spacial score (nSPS) is 25.7. The number of hydrogen-bond acceptors (Lipinski definition) is 3. The first kappa shape index (κ1) is 14.5. The van der Waals surface area contributed by atoms with Crippen molar-refractivity contribution in [3.63, 3.8) is 0 Å². The Bertz CT molecular complexity index is 347. The third kappa shape index (κ3) is 4.62. The lowest BCUT2D eigenvalue weighted by molar-refractivity contribution is 0.188. The summed E-state index contributed by atoms with van der Waals surface area (Å²) >= 11 is 0. The fourth-order valence-corrected chi connectivity index (χ4v) is 2.91. The molecular weight excluding hydrogens is 236 g/mol. The van der Waals surface area contributed by atoms with Crippen LogP contribution in [0.3, 0.4) is 0 Å². The topological polar surface area (TPSA) is 33.1 Å². The zero-order valence-electron chi connectivity index (χ0n) is 12.5. The molecule has 4 nitrogen and oxygen atoms in total. The molecule has 1 aliphatic heterocycles. The standard InChI is InChI=1S/C15H28N4/c1-13(2)11-15-12-18(14(3)5-7-16-15)9-10-19-8-4-6-17-19/h4,6,8,13-16H,5,7,9-12H2,1-3H3. The zero-order valence-corrected chi connectivity index (χ0v) is 12.5. The van der Waals surface area contributed by atoms with Crippen LogP contribution in [-0.2, 0) is 6.54 Å². The van der Waals surface area contributed by atoms with Crippen molar-refractivity contribution in [1.82, 2.24) is 20.0 Å². The molecule has 108 valence electrons. The minimum absolute atomic E-state index is 0.641. The molecule has 2 heterocycles. The first-order valence-electron chi connectivity index (χ1n) is 7.60. The second kappa shape index (κ2) is 7.06. The Morgan fingerprint density at radius 1 is 1.37 bits per heavy atom. The summed E-state index contributed by atoms with van der Waals surface area (Å²) in [5.74, 6) is 0.763. The third-order valence-electron chi connectivity index (χ3n) is 4.00.